The average Bonchev–Trinajstić information content (AvgIpc) is 2.74. The summed E-state index contributed by atoms with van der Waals surface area (Å²) in [5, 5.41) is 4.02. The van der Waals surface area contributed by atoms with Gasteiger partial charge in [0.05, 0.1) is 18.3 Å². The van der Waals surface area contributed by atoms with Crippen LogP contribution in [0.3, 0.4) is 0 Å². The molecule has 0 bridgehead atoms. The first-order valence-corrected chi connectivity index (χ1v) is 8.64. The number of nitrogens with zero attached hydrogens (tertiary/aromatic N) is 1. The predicted octanol–water partition coefficient (Wildman–Crippen LogP) is 5.16. The number of rotatable bonds is 4. The first-order chi connectivity index (χ1) is 13.2. The van der Waals surface area contributed by atoms with Crippen LogP contribution in [0.15, 0.2) is 84.9 Å². The molecule has 0 atom stereocenters. The van der Waals surface area contributed by atoms with Crippen LogP contribution in [-0.4, -0.2) is 18.0 Å². The van der Waals surface area contributed by atoms with Gasteiger partial charge in [-0.1, -0.05) is 42.5 Å². The van der Waals surface area contributed by atoms with E-state index in [2.05, 4.69) is 11.4 Å². The molecule has 4 rings (SSSR count). The van der Waals surface area contributed by atoms with Crippen molar-refractivity contribution >= 4 is 22.5 Å². The number of aromatic nitrogens is 1. The maximum absolute atomic E-state index is 12.4. The number of hydrogen-bond donors (Lipinski definition) is 1. The first-order valence-electron chi connectivity index (χ1n) is 8.64. The number of amides is 1. The molecule has 0 fully saturated rings. The summed E-state index contributed by atoms with van der Waals surface area (Å²) in [4.78, 5) is 17.1. The Kier molecular flexibility index (Phi) is 4.54. The van der Waals surface area contributed by atoms with E-state index < -0.39 is 0 Å². The molecule has 4 nitrogen and oxygen atoms in total. The zero-order valence-corrected chi connectivity index (χ0v) is 14.8. The molecule has 0 saturated carbocycles. The van der Waals surface area contributed by atoms with Gasteiger partial charge in [-0.25, -0.2) is 4.98 Å². The van der Waals surface area contributed by atoms with Gasteiger partial charge in [0.15, 0.2) is 0 Å². The monoisotopic (exact) mass is 354 g/mol. The van der Waals surface area contributed by atoms with Crippen LogP contribution >= 0.6 is 0 Å². The van der Waals surface area contributed by atoms with Crippen molar-refractivity contribution < 1.29 is 9.53 Å². The lowest BCUT2D eigenvalue weighted by Gasteiger charge is -2.08. The minimum Gasteiger partial charge on any atom is -0.497 e. The molecule has 4 heteroatoms. The van der Waals surface area contributed by atoms with Crippen LogP contribution in [0.4, 0.5) is 5.69 Å². The normalized spacial score (nSPS) is 10.6. The van der Waals surface area contributed by atoms with E-state index in [1.807, 2.05) is 60.7 Å². The lowest BCUT2D eigenvalue weighted by molar-refractivity contribution is 0.102. The van der Waals surface area contributed by atoms with E-state index in [1.165, 1.54) is 0 Å². The minimum absolute atomic E-state index is 0.175. The zero-order valence-electron chi connectivity index (χ0n) is 14.8. The summed E-state index contributed by atoms with van der Waals surface area (Å²) in [6, 6.07) is 26.8. The number of benzene rings is 3. The number of methoxy groups -OCH3 is 1. The fourth-order valence-electron chi connectivity index (χ4n) is 2.92. The average molecular weight is 354 g/mol. The van der Waals surface area contributed by atoms with Gasteiger partial charge in [0.1, 0.15) is 5.75 Å². The second-order valence-electron chi connectivity index (χ2n) is 6.15. The van der Waals surface area contributed by atoms with Crippen molar-refractivity contribution in [2.24, 2.45) is 0 Å². The third-order valence-corrected chi connectivity index (χ3v) is 4.37. The van der Waals surface area contributed by atoms with E-state index in [4.69, 9.17) is 9.72 Å². The molecular formula is C23H18N2O2. The Morgan fingerprint density at radius 1 is 0.889 bits per heavy atom. The molecule has 1 amide bonds. The smallest absolute Gasteiger partial charge is 0.255 e. The van der Waals surface area contributed by atoms with Crippen molar-refractivity contribution in [2.45, 2.75) is 0 Å². The van der Waals surface area contributed by atoms with Gasteiger partial charge in [-0.3, -0.25) is 4.79 Å². The van der Waals surface area contributed by atoms with Gasteiger partial charge < -0.3 is 10.1 Å². The van der Waals surface area contributed by atoms with E-state index in [0.29, 0.717) is 11.3 Å². The third kappa shape index (κ3) is 3.65. The maximum atomic E-state index is 12.4. The number of fused-ring (bicyclic) bond motifs is 1. The largest absolute Gasteiger partial charge is 0.497 e. The van der Waals surface area contributed by atoms with Crippen molar-refractivity contribution in [3.05, 3.63) is 90.5 Å². The van der Waals surface area contributed by atoms with Crippen molar-refractivity contribution in [1.82, 2.24) is 4.98 Å². The Balaban J connectivity index is 1.53. The van der Waals surface area contributed by atoms with Gasteiger partial charge in [0.2, 0.25) is 0 Å². The topological polar surface area (TPSA) is 51.2 Å². The predicted molar refractivity (Wildman–Crippen MR) is 108 cm³/mol. The molecule has 4 aromatic rings. The van der Waals surface area contributed by atoms with E-state index in [-0.39, 0.29) is 5.91 Å². The molecule has 132 valence electrons. The van der Waals surface area contributed by atoms with Crippen LogP contribution in [0.25, 0.3) is 22.2 Å². The number of pyridine rings is 1. The Hall–Kier alpha value is -3.66. The summed E-state index contributed by atoms with van der Waals surface area (Å²) in [7, 11) is 1.58. The fraction of sp³-hybridized carbons (Fsp3) is 0.0435. The molecule has 3 aromatic carbocycles. The van der Waals surface area contributed by atoms with E-state index >= 15 is 0 Å². The SMILES string of the molecule is COc1cccc(C(=O)Nc2ccc(-c3ccc4ccccc4n3)cc2)c1. The number of carbonyl (C=O) groups excluding carboxylic acids is 1. The van der Waals surface area contributed by atoms with Crippen LogP contribution < -0.4 is 10.1 Å². The maximum Gasteiger partial charge on any atom is 0.255 e. The highest BCUT2D eigenvalue weighted by atomic mass is 16.5. The molecule has 0 aliphatic rings. The Labute approximate surface area is 157 Å². The number of ether oxygens (including phenoxy) is 1. The fourth-order valence-corrected chi connectivity index (χ4v) is 2.92. The molecule has 0 spiro atoms. The molecule has 0 saturated heterocycles. The highest BCUT2D eigenvalue weighted by Crippen LogP contribution is 2.23. The van der Waals surface area contributed by atoms with Gasteiger partial charge in [0, 0.05) is 22.2 Å². The van der Waals surface area contributed by atoms with Gasteiger partial charge in [0.25, 0.3) is 5.91 Å². The zero-order chi connectivity index (χ0) is 18.6. The van der Waals surface area contributed by atoms with E-state index in [1.54, 1.807) is 25.3 Å². The second-order valence-corrected chi connectivity index (χ2v) is 6.15. The van der Waals surface area contributed by atoms with Crippen molar-refractivity contribution in [3.8, 4) is 17.0 Å². The number of nitrogens with one attached hydrogen (secondary N) is 1. The third-order valence-electron chi connectivity index (χ3n) is 4.37. The molecule has 0 unspecified atom stereocenters. The summed E-state index contributed by atoms with van der Waals surface area (Å²) in [6.45, 7) is 0. The van der Waals surface area contributed by atoms with E-state index in [0.717, 1.165) is 27.8 Å². The highest BCUT2D eigenvalue weighted by Gasteiger charge is 2.08. The molecule has 27 heavy (non-hydrogen) atoms. The van der Waals surface area contributed by atoms with Crippen LogP contribution in [0.2, 0.25) is 0 Å². The molecule has 0 radical (unpaired) electrons. The van der Waals surface area contributed by atoms with Crippen molar-refractivity contribution in [2.75, 3.05) is 12.4 Å². The van der Waals surface area contributed by atoms with E-state index in [9.17, 15) is 4.79 Å². The Bertz CT molecular complexity index is 1100. The number of carbonyl (C=O) groups is 1. The van der Waals surface area contributed by atoms with Crippen molar-refractivity contribution in [1.29, 1.82) is 0 Å². The lowest BCUT2D eigenvalue weighted by Crippen LogP contribution is -2.11. The summed E-state index contributed by atoms with van der Waals surface area (Å²) in [6.07, 6.45) is 0. The molecular weight excluding hydrogens is 336 g/mol. The van der Waals surface area contributed by atoms with Crippen LogP contribution in [0.5, 0.6) is 5.75 Å². The number of hydrogen-bond acceptors (Lipinski definition) is 3. The van der Waals surface area contributed by atoms with Crippen LogP contribution in [-0.2, 0) is 0 Å². The van der Waals surface area contributed by atoms with Gasteiger partial charge in [-0.2, -0.15) is 0 Å². The quantitative estimate of drug-likeness (QED) is 0.550. The summed E-state index contributed by atoms with van der Waals surface area (Å²) in [5.41, 5.74) is 4.15. The molecule has 1 aromatic heterocycles. The van der Waals surface area contributed by atoms with Gasteiger partial charge in [-0.05, 0) is 42.5 Å². The molecule has 0 aliphatic carbocycles. The highest BCUT2D eigenvalue weighted by molar-refractivity contribution is 6.04. The molecule has 1 N–H and O–H groups in total. The summed E-state index contributed by atoms with van der Waals surface area (Å²) in [5.74, 6) is 0.478. The van der Waals surface area contributed by atoms with Gasteiger partial charge in [-0.15, -0.1) is 0 Å². The standard InChI is InChI=1S/C23H18N2O2/c1-27-20-7-4-6-18(15-20)23(26)24-19-12-9-17(10-13-19)22-14-11-16-5-2-3-8-21(16)25-22/h2-15H,1H3,(H,24,26). The molecule has 1 heterocycles. The van der Waals surface area contributed by atoms with Crippen LogP contribution in [0, 0.1) is 0 Å². The van der Waals surface area contributed by atoms with Gasteiger partial charge >= 0.3 is 0 Å². The number of anilines is 1. The molecule has 0 aliphatic heterocycles. The van der Waals surface area contributed by atoms with Crippen LogP contribution in [0.1, 0.15) is 10.4 Å². The lowest BCUT2D eigenvalue weighted by atomic mass is 10.1. The number of para-hydroxylation sites is 1. The minimum atomic E-state index is -0.175. The Morgan fingerprint density at radius 2 is 1.70 bits per heavy atom. The second kappa shape index (κ2) is 7.30. The first kappa shape index (κ1) is 16.8. The summed E-state index contributed by atoms with van der Waals surface area (Å²) >= 11 is 0. The van der Waals surface area contributed by atoms with Crippen molar-refractivity contribution in [3.63, 3.8) is 0 Å². The summed E-state index contributed by atoms with van der Waals surface area (Å²) < 4.78 is 5.16. The Morgan fingerprint density at radius 3 is 2.52 bits per heavy atom.